The van der Waals surface area contributed by atoms with Gasteiger partial charge in [0, 0.05) is 35.0 Å². The number of nitro benzene ring substituents is 1. The normalized spacial score (nSPS) is 12.5. The van der Waals surface area contributed by atoms with Gasteiger partial charge in [0.1, 0.15) is 26.1 Å². The molecule has 0 saturated heterocycles. The highest BCUT2D eigenvalue weighted by atomic mass is 32.2. The highest BCUT2D eigenvalue weighted by Gasteiger charge is 2.22. The molecule has 0 aliphatic rings. The minimum absolute atomic E-state index is 0.00706. The molecule has 5 rings (SSSR count). The van der Waals surface area contributed by atoms with Gasteiger partial charge >= 0.3 is 0 Å². The van der Waals surface area contributed by atoms with E-state index < -0.39 is 50.8 Å². The van der Waals surface area contributed by atoms with Crippen LogP contribution in [0, 0.1) is 15.0 Å². The molecule has 5 aromatic carbocycles. The molecule has 51 heavy (non-hydrogen) atoms. The van der Waals surface area contributed by atoms with Crippen LogP contribution >= 0.6 is 0 Å². The Morgan fingerprint density at radius 1 is 0.627 bits per heavy atom. The lowest BCUT2D eigenvalue weighted by Crippen LogP contribution is -2.11. The van der Waals surface area contributed by atoms with Crippen molar-refractivity contribution in [2.24, 2.45) is 10.2 Å². The number of fused-ring (bicyclic) bond motifs is 1. The first-order valence-corrected chi connectivity index (χ1v) is 18.2. The first-order chi connectivity index (χ1) is 23.8. The molecule has 0 aliphatic heterocycles. The van der Waals surface area contributed by atoms with Gasteiger partial charge in [-0.05, 0) is 47.5 Å². The highest BCUT2D eigenvalue weighted by Crippen LogP contribution is 2.34. The zero-order valence-electron chi connectivity index (χ0n) is 25.4. The molecule has 0 aliphatic carbocycles. The lowest BCUT2D eigenvalue weighted by Gasteiger charge is -2.07. The number of hydrogen-bond acceptors (Lipinski definition) is 12. The number of nitrogens with one attached hydrogen (secondary N) is 1. The molecule has 0 atom stereocenters. The van der Waals surface area contributed by atoms with E-state index in [1.165, 1.54) is 54.6 Å². The minimum Gasteiger partial charge on any atom is -0.397 e. The van der Waals surface area contributed by atoms with Crippen LogP contribution in [0.5, 0.6) is 0 Å². The van der Waals surface area contributed by atoms with Crippen molar-refractivity contribution < 1.29 is 48.7 Å². The molecule has 5 aromatic rings. The Morgan fingerprint density at radius 2 is 1.18 bits per heavy atom. The molecule has 262 valence electrons. The SMILES string of the molecule is Nc1cc([N+](=O)Nc2ccc(/C=C/c3ccc([N+](=O)[O-])cc3S(=O)(=O)O)c(S(=O)(=O)O)c2)ccc1N=Nc1cccc2c(S(=O)(=O)O)cccc12. The van der Waals surface area contributed by atoms with Gasteiger partial charge in [-0.2, -0.15) is 25.3 Å². The van der Waals surface area contributed by atoms with Crippen molar-refractivity contribution in [2.75, 3.05) is 11.2 Å². The maximum atomic E-state index is 13.0. The first-order valence-electron chi connectivity index (χ1n) is 13.9. The molecular formula is C30H23N6O12S3+. The summed E-state index contributed by atoms with van der Waals surface area (Å²) < 4.78 is 101. The van der Waals surface area contributed by atoms with Crippen molar-refractivity contribution in [1.82, 2.24) is 0 Å². The van der Waals surface area contributed by atoms with Gasteiger partial charge in [0.25, 0.3) is 41.7 Å². The van der Waals surface area contributed by atoms with E-state index in [0.29, 0.717) is 11.5 Å². The van der Waals surface area contributed by atoms with Gasteiger partial charge < -0.3 is 5.73 Å². The van der Waals surface area contributed by atoms with Crippen LogP contribution in [0.2, 0.25) is 0 Å². The number of hydrogen-bond donors (Lipinski definition) is 5. The van der Waals surface area contributed by atoms with Gasteiger partial charge in [-0.25, -0.2) is 0 Å². The number of azo groups is 1. The number of nitrogens with two attached hydrogens (primary N) is 1. The number of non-ortho nitro benzene ring substituents is 1. The summed E-state index contributed by atoms with van der Waals surface area (Å²) in [5.74, 6) is 0. The largest absolute Gasteiger partial charge is 0.397 e. The molecule has 0 saturated carbocycles. The smallest absolute Gasteiger partial charge is 0.295 e. The Balaban J connectivity index is 1.39. The van der Waals surface area contributed by atoms with Gasteiger partial charge in [-0.3, -0.25) is 23.8 Å². The van der Waals surface area contributed by atoms with E-state index in [1.807, 2.05) is 0 Å². The lowest BCUT2D eigenvalue weighted by molar-refractivity contribution is -0.427. The van der Waals surface area contributed by atoms with E-state index in [4.69, 9.17) is 5.73 Å². The number of nitroso groups, excluding NO2 is 1. The average Bonchev–Trinajstić information content (AvgIpc) is 3.05. The highest BCUT2D eigenvalue weighted by molar-refractivity contribution is 7.86. The van der Waals surface area contributed by atoms with E-state index in [-0.39, 0.29) is 54.7 Å². The van der Waals surface area contributed by atoms with Crippen molar-refractivity contribution >= 4 is 87.4 Å². The number of anilines is 2. The van der Waals surface area contributed by atoms with Gasteiger partial charge in [-0.1, -0.05) is 42.5 Å². The van der Waals surface area contributed by atoms with E-state index in [1.54, 1.807) is 12.1 Å². The summed E-state index contributed by atoms with van der Waals surface area (Å²) in [6.07, 6.45) is 2.11. The molecular weight excluding hydrogens is 733 g/mol. The summed E-state index contributed by atoms with van der Waals surface area (Å²) >= 11 is 0. The van der Waals surface area contributed by atoms with Crippen molar-refractivity contribution in [3.63, 3.8) is 0 Å². The molecule has 0 radical (unpaired) electrons. The molecule has 21 heteroatoms. The van der Waals surface area contributed by atoms with E-state index in [2.05, 4.69) is 15.7 Å². The van der Waals surface area contributed by atoms with Crippen LogP contribution in [0.1, 0.15) is 11.1 Å². The number of nitrogen functional groups attached to an aromatic ring is 1. The molecule has 0 bridgehead atoms. The molecule has 0 aromatic heterocycles. The lowest BCUT2D eigenvalue weighted by atomic mass is 10.1. The van der Waals surface area contributed by atoms with E-state index in [0.717, 1.165) is 30.4 Å². The van der Waals surface area contributed by atoms with Crippen LogP contribution in [0.15, 0.2) is 116 Å². The van der Waals surface area contributed by atoms with Gasteiger partial charge in [0.15, 0.2) is 4.87 Å². The van der Waals surface area contributed by atoms with Crippen molar-refractivity contribution in [1.29, 1.82) is 0 Å². The second-order valence-electron chi connectivity index (χ2n) is 10.5. The maximum Gasteiger partial charge on any atom is 0.295 e. The Labute approximate surface area is 288 Å². The number of nitro groups is 1. The second kappa shape index (κ2) is 13.7. The van der Waals surface area contributed by atoms with Crippen LogP contribution < -0.4 is 11.2 Å². The third kappa shape index (κ3) is 8.26. The fourth-order valence-electron chi connectivity index (χ4n) is 4.77. The fourth-order valence-corrected chi connectivity index (χ4v) is 6.89. The number of nitrogens with zero attached hydrogens (tertiary/aromatic N) is 4. The van der Waals surface area contributed by atoms with Gasteiger partial charge in [0.05, 0.1) is 21.2 Å². The Hall–Kier alpha value is -5.97. The molecule has 0 unspecified atom stereocenters. The van der Waals surface area contributed by atoms with Crippen molar-refractivity contribution in [3.8, 4) is 0 Å². The first kappa shape index (κ1) is 36.3. The number of hydrazine groups is 1. The zero-order chi connectivity index (χ0) is 37.3. The van der Waals surface area contributed by atoms with Crippen molar-refractivity contribution in [3.05, 3.63) is 117 Å². The quantitative estimate of drug-likeness (QED) is 0.0194. The topological polar surface area (TPSA) is 289 Å². The van der Waals surface area contributed by atoms with Crippen LogP contribution in [0.4, 0.5) is 34.1 Å². The maximum absolute atomic E-state index is 13.0. The Bertz CT molecular complexity index is 2660. The molecule has 18 nitrogen and oxygen atoms in total. The minimum atomic E-state index is -4.94. The summed E-state index contributed by atoms with van der Waals surface area (Å²) in [6.45, 7) is 0. The van der Waals surface area contributed by atoms with Crippen LogP contribution in [0.3, 0.4) is 0 Å². The molecule has 0 spiro atoms. The Morgan fingerprint density at radius 3 is 1.78 bits per heavy atom. The fraction of sp³-hybridized carbons (Fsp3) is 0. The second-order valence-corrected chi connectivity index (χ2v) is 14.6. The predicted molar refractivity (Wildman–Crippen MR) is 184 cm³/mol. The van der Waals surface area contributed by atoms with Crippen LogP contribution in [-0.2, 0) is 30.4 Å². The summed E-state index contributed by atoms with van der Waals surface area (Å²) in [7, 11) is -14.4. The summed E-state index contributed by atoms with van der Waals surface area (Å²) in [6, 6.07) is 18.6. The van der Waals surface area contributed by atoms with Crippen molar-refractivity contribution in [2.45, 2.75) is 14.7 Å². The van der Waals surface area contributed by atoms with E-state index in [9.17, 15) is 53.9 Å². The van der Waals surface area contributed by atoms with Gasteiger partial charge in [0.2, 0.25) is 0 Å². The summed E-state index contributed by atoms with van der Waals surface area (Å²) in [5, 5.41) is 19.9. The summed E-state index contributed by atoms with van der Waals surface area (Å²) in [4.78, 5) is 21.5. The molecule has 0 heterocycles. The van der Waals surface area contributed by atoms with Gasteiger partial charge in [-0.15, -0.1) is 15.7 Å². The molecule has 0 fully saturated rings. The molecule has 0 amide bonds. The van der Waals surface area contributed by atoms with E-state index >= 15 is 0 Å². The summed E-state index contributed by atoms with van der Waals surface area (Å²) in [5.41, 5.74) is 7.62. The third-order valence-corrected chi connectivity index (χ3v) is 9.83. The molecule has 6 N–H and O–H groups in total. The Kier molecular flexibility index (Phi) is 9.78. The number of rotatable bonds is 11. The zero-order valence-corrected chi connectivity index (χ0v) is 27.9. The van der Waals surface area contributed by atoms with Crippen LogP contribution in [-0.4, -0.2) is 48.7 Å². The average molecular weight is 756 g/mol. The van der Waals surface area contributed by atoms with Crippen LogP contribution in [0.25, 0.3) is 22.9 Å². The number of benzene rings is 5. The third-order valence-electron chi connectivity index (χ3n) is 7.10. The monoisotopic (exact) mass is 755 g/mol. The standard InChI is InChI=1S/C30H22N6O12S3/c31-25-16-21(13-14-27(25)33-32-26-5-1-4-24-23(26)3-2-6-28(24)49(40,41)42)35(37)34-20-11-9-18(29(15-20)50(43,44)45)7-8-19-10-12-22(36(38)39)17-30(19)51(46,47)48/h1-17H,31H2,(H3-,34,37,40,41,42,43,44,45,46,47,48)/p+1/b8-7+,33-32?. The predicted octanol–water partition coefficient (Wildman–Crippen LogP) is 6.09.